The van der Waals surface area contributed by atoms with Gasteiger partial charge in [-0.2, -0.15) is 0 Å². The summed E-state index contributed by atoms with van der Waals surface area (Å²) in [4.78, 5) is 21.5. The summed E-state index contributed by atoms with van der Waals surface area (Å²) in [7, 11) is 0. The van der Waals surface area contributed by atoms with Crippen molar-refractivity contribution in [2.75, 3.05) is 0 Å². The number of carbonyl (C=O) groups is 1. The molecule has 0 atom stereocenters. The van der Waals surface area contributed by atoms with Crippen molar-refractivity contribution in [2.24, 2.45) is 0 Å². The highest BCUT2D eigenvalue weighted by molar-refractivity contribution is 6.30. The monoisotopic (exact) mass is 307 g/mol. The van der Waals surface area contributed by atoms with Gasteiger partial charge in [0, 0.05) is 17.2 Å². The normalized spacial score (nSPS) is 10.2. The van der Waals surface area contributed by atoms with Crippen LogP contribution in [0.25, 0.3) is 0 Å². The lowest BCUT2D eigenvalue weighted by atomic mass is 10.2. The zero-order chi connectivity index (χ0) is 15.6. The van der Waals surface area contributed by atoms with E-state index >= 15 is 0 Å². The fourth-order valence-corrected chi connectivity index (χ4v) is 1.89. The number of ether oxygens (including phenoxy) is 1. The van der Waals surface area contributed by atoms with Crippen molar-refractivity contribution < 1.29 is 19.6 Å². The standard InChI is InChI=1S/C14H10ClNO5/c1-8-2-5-11(16(19)20)13(6-8)21-12-7-9(15)3-4-10(12)14(17)18/h2-7H,1H3,(H,17,18). The molecule has 0 saturated heterocycles. The van der Waals surface area contributed by atoms with E-state index < -0.39 is 10.9 Å². The molecule has 0 aromatic heterocycles. The van der Waals surface area contributed by atoms with Crippen LogP contribution in [0.2, 0.25) is 5.02 Å². The quantitative estimate of drug-likeness (QED) is 0.680. The first-order chi connectivity index (χ1) is 9.88. The summed E-state index contributed by atoms with van der Waals surface area (Å²) < 4.78 is 5.42. The summed E-state index contributed by atoms with van der Waals surface area (Å²) in [6, 6.07) is 8.32. The first-order valence-corrected chi connectivity index (χ1v) is 6.22. The van der Waals surface area contributed by atoms with Crippen LogP contribution < -0.4 is 4.74 Å². The molecular formula is C14H10ClNO5. The molecule has 0 spiro atoms. The molecule has 2 aromatic rings. The SMILES string of the molecule is Cc1ccc([N+](=O)[O-])c(Oc2cc(Cl)ccc2C(=O)O)c1. The largest absolute Gasteiger partial charge is 0.478 e. The van der Waals surface area contributed by atoms with E-state index in [0.717, 1.165) is 5.56 Å². The Hall–Kier alpha value is -2.60. The molecule has 0 aliphatic carbocycles. The van der Waals surface area contributed by atoms with Crippen LogP contribution in [0.15, 0.2) is 36.4 Å². The van der Waals surface area contributed by atoms with Crippen molar-refractivity contribution in [3.8, 4) is 11.5 Å². The highest BCUT2D eigenvalue weighted by atomic mass is 35.5. The van der Waals surface area contributed by atoms with Gasteiger partial charge < -0.3 is 9.84 Å². The zero-order valence-electron chi connectivity index (χ0n) is 10.9. The van der Waals surface area contributed by atoms with E-state index in [1.165, 1.54) is 30.3 Å². The number of hydrogen-bond acceptors (Lipinski definition) is 4. The minimum atomic E-state index is -1.21. The smallest absolute Gasteiger partial charge is 0.339 e. The molecule has 0 radical (unpaired) electrons. The Labute approximate surface area is 124 Å². The predicted molar refractivity (Wildman–Crippen MR) is 76.3 cm³/mol. The lowest BCUT2D eigenvalue weighted by molar-refractivity contribution is -0.385. The lowest BCUT2D eigenvalue weighted by Gasteiger charge is -2.10. The number of aromatic carboxylic acids is 1. The third kappa shape index (κ3) is 3.29. The van der Waals surface area contributed by atoms with Gasteiger partial charge in [-0.15, -0.1) is 0 Å². The Morgan fingerprint density at radius 2 is 1.95 bits per heavy atom. The fraction of sp³-hybridized carbons (Fsp3) is 0.0714. The molecule has 108 valence electrons. The van der Waals surface area contributed by atoms with Crippen molar-refractivity contribution in [3.63, 3.8) is 0 Å². The topological polar surface area (TPSA) is 89.7 Å². The molecule has 0 aliphatic heterocycles. The van der Waals surface area contributed by atoms with Gasteiger partial charge in [-0.1, -0.05) is 17.7 Å². The molecule has 2 rings (SSSR count). The Balaban J connectivity index is 2.52. The van der Waals surface area contributed by atoms with E-state index in [1.807, 2.05) is 0 Å². The molecule has 21 heavy (non-hydrogen) atoms. The van der Waals surface area contributed by atoms with Gasteiger partial charge in [0.15, 0.2) is 0 Å². The highest BCUT2D eigenvalue weighted by Crippen LogP contribution is 2.34. The summed E-state index contributed by atoms with van der Waals surface area (Å²) in [5.74, 6) is -1.30. The van der Waals surface area contributed by atoms with Crippen LogP contribution >= 0.6 is 11.6 Å². The minimum Gasteiger partial charge on any atom is -0.478 e. The van der Waals surface area contributed by atoms with Crippen LogP contribution in [0.1, 0.15) is 15.9 Å². The van der Waals surface area contributed by atoms with E-state index in [2.05, 4.69) is 0 Å². The summed E-state index contributed by atoms with van der Waals surface area (Å²) in [6.07, 6.45) is 0. The van der Waals surface area contributed by atoms with Gasteiger partial charge in [0.1, 0.15) is 11.3 Å². The van der Waals surface area contributed by atoms with E-state index in [4.69, 9.17) is 21.4 Å². The number of carboxylic acids is 1. The average Bonchev–Trinajstić information content (AvgIpc) is 2.38. The van der Waals surface area contributed by atoms with Gasteiger partial charge in [0.2, 0.25) is 5.75 Å². The Morgan fingerprint density at radius 3 is 2.57 bits per heavy atom. The second kappa shape index (κ2) is 5.80. The molecule has 0 bridgehead atoms. The summed E-state index contributed by atoms with van der Waals surface area (Å²) in [5, 5.41) is 20.4. The number of halogens is 1. The second-order valence-corrected chi connectivity index (χ2v) is 4.71. The molecule has 1 N–H and O–H groups in total. The molecule has 0 amide bonds. The number of hydrogen-bond donors (Lipinski definition) is 1. The molecule has 0 heterocycles. The first-order valence-electron chi connectivity index (χ1n) is 5.84. The van der Waals surface area contributed by atoms with Crippen molar-refractivity contribution in [1.82, 2.24) is 0 Å². The van der Waals surface area contributed by atoms with E-state index in [-0.39, 0.29) is 27.8 Å². The Kier molecular flexibility index (Phi) is 4.09. The average molecular weight is 308 g/mol. The number of aryl methyl sites for hydroxylation is 1. The first kappa shape index (κ1) is 14.8. The van der Waals surface area contributed by atoms with Crippen LogP contribution in [-0.2, 0) is 0 Å². The number of carboxylic acid groups (broad SMARTS) is 1. The Bertz CT molecular complexity index is 668. The Morgan fingerprint density at radius 1 is 1.24 bits per heavy atom. The second-order valence-electron chi connectivity index (χ2n) is 4.28. The number of rotatable bonds is 4. The predicted octanol–water partition coefficient (Wildman–Crippen LogP) is 4.05. The van der Waals surface area contributed by atoms with E-state index in [1.54, 1.807) is 13.0 Å². The molecule has 0 fully saturated rings. The van der Waals surface area contributed by atoms with Crippen molar-refractivity contribution in [1.29, 1.82) is 0 Å². The molecule has 0 saturated carbocycles. The molecular weight excluding hydrogens is 298 g/mol. The maximum absolute atomic E-state index is 11.2. The van der Waals surface area contributed by atoms with E-state index in [9.17, 15) is 14.9 Å². The maximum atomic E-state index is 11.2. The third-order valence-electron chi connectivity index (χ3n) is 2.71. The maximum Gasteiger partial charge on any atom is 0.339 e. The number of nitrogens with zero attached hydrogens (tertiary/aromatic N) is 1. The van der Waals surface area contributed by atoms with Gasteiger partial charge >= 0.3 is 11.7 Å². The van der Waals surface area contributed by atoms with Gasteiger partial charge in [-0.3, -0.25) is 10.1 Å². The fourth-order valence-electron chi connectivity index (χ4n) is 1.73. The lowest BCUT2D eigenvalue weighted by Crippen LogP contribution is -2.01. The molecule has 2 aromatic carbocycles. The van der Waals surface area contributed by atoms with Crippen LogP contribution in [0.3, 0.4) is 0 Å². The molecule has 0 unspecified atom stereocenters. The van der Waals surface area contributed by atoms with Crippen LogP contribution in [0, 0.1) is 17.0 Å². The van der Waals surface area contributed by atoms with Crippen molar-refractivity contribution in [3.05, 3.63) is 62.7 Å². The zero-order valence-corrected chi connectivity index (χ0v) is 11.6. The van der Waals surface area contributed by atoms with Gasteiger partial charge in [0.05, 0.1) is 4.92 Å². The van der Waals surface area contributed by atoms with Gasteiger partial charge in [0.25, 0.3) is 0 Å². The van der Waals surface area contributed by atoms with Crippen molar-refractivity contribution in [2.45, 2.75) is 6.92 Å². The summed E-state index contributed by atoms with van der Waals surface area (Å²) >= 11 is 5.81. The van der Waals surface area contributed by atoms with Crippen LogP contribution in [-0.4, -0.2) is 16.0 Å². The minimum absolute atomic E-state index is 0.0373. The third-order valence-corrected chi connectivity index (χ3v) is 2.94. The summed E-state index contributed by atoms with van der Waals surface area (Å²) in [5.41, 5.74) is 0.363. The number of nitro benzene ring substituents is 1. The molecule has 7 heteroatoms. The number of benzene rings is 2. The van der Waals surface area contributed by atoms with Crippen LogP contribution in [0.4, 0.5) is 5.69 Å². The molecule has 0 aliphatic rings. The number of nitro groups is 1. The highest BCUT2D eigenvalue weighted by Gasteiger charge is 2.19. The van der Waals surface area contributed by atoms with Gasteiger partial charge in [-0.25, -0.2) is 4.79 Å². The van der Waals surface area contributed by atoms with Gasteiger partial charge in [-0.05, 0) is 30.7 Å². The van der Waals surface area contributed by atoms with E-state index in [0.29, 0.717) is 0 Å². The van der Waals surface area contributed by atoms with Crippen LogP contribution in [0.5, 0.6) is 11.5 Å². The summed E-state index contributed by atoms with van der Waals surface area (Å²) in [6.45, 7) is 1.74. The van der Waals surface area contributed by atoms with Crippen molar-refractivity contribution >= 4 is 23.3 Å². The molecule has 6 nitrogen and oxygen atoms in total.